The molecule has 1 aliphatic rings. The monoisotopic (exact) mass is 529 g/mol. The van der Waals surface area contributed by atoms with Gasteiger partial charge in [-0.25, -0.2) is 13.8 Å². The van der Waals surface area contributed by atoms with Gasteiger partial charge in [-0.2, -0.15) is 23.0 Å². The standard InChI is InChI=1S/C23H21ClF5N5O2/c24-20-18(31-12-22(26)8-1-9-36-14-22)11-32-34(21(20)35)17-5-3-16(4-6-17)33(13-23(27,28)29)19-7-2-15(25)10-30-19/h2-7,10-11,31H,1,8-9,12-14H2/t22-/m0/s1. The molecule has 0 saturated carbocycles. The van der Waals surface area contributed by atoms with Crippen LogP contribution in [0.15, 0.2) is 53.6 Å². The highest BCUT2D eigenvalue weighted by molar-refractivity contribution is 6.32. The first-order valence-electron chi connectivity index (χ1n) is 10.9. The summed E-state index contributed by atoms with van der Waals surface area (Å²) in [4.78, 5) is 17.4. The summed E-state index contributed by atoms with van der Waals surface area (Å²) in [7, 11) is 0. The number of rotatable bonds is 7. The lowest BCUT2D eigenvalue weighted by Crippen LogP contribution is -2.40. The van der Waals surface area contributed by atoms with Crippen LogP contribution in [0.1, 0.15) is 12.8 Å². The van der Waals surface area contributed by atoms with Crippen LogP contribution in [0.2, 0.25) is 5.02 Å². The molecular weight excluding hydrogens is 509 g/mol. The third-order valence-corrected chi connectivity index (χ3v) is 5.89. The van der Waals surface area contributed by atoms with Crippen LogP contribution >= 0.6 is 11.6 Å². The lowest BCUT2D eigenvalue weighted by molar-refractivity contribution is -0.118. The number of alkyl halides is 4. The molecule has 1 N–H and O–H groups in total. The van der Waals surface area contributed by atoms with Crippen LogP contribution in [-0.2, 0) is 4.74 Å². The molecule has 192 valence electrons. The summed E-state index contributed by atoms with van der Waals surface area (Å²) in [5.74, 6) is -0.792. The van der Waals surface area contributed by atoms with Gasteiger partial charge < -0.3 is 15.0 Å². The van der Waals surface area contributed by atoms with Crippen molar-refractivity contribution < 1.29 is 26.7 Å². The third-order valence-electron chi connectivity index (χ3n) is 5.52. The lowest BCUT2D eigenvalue weighted by atomic mass is 9.99. The molecule has 0 amide bonds. The maximum absolute atomic E-state index is 14.8. The van der Waals surface area contributed by atoms with Crippen molar-refractivity contribution in [1.82, 2.24) is 14.8 Å². The fourth-order valence-electron chi connectivity index (χ4n) is 3.74. The molecule has 0 bridgehead atoms. The molecule has 4 rings (SSSR count). The number of ether oxygens (including phenoxy) is 1. The average molecular weight is 530 g/mol. The zero-order chi connectivity index (χ0) is 25.9. The van der Waals surface area contributed by atoms with Gasteiger partial charge in [-0.1, -0.05) is 11.6 Å². The first kappa shape index (κ1) is 25.8. The summed E-state index contributed by atoms with van der Waals surface area (Å²) in [5.41, 5.74) is -1.80. The number of hydrogen-bond acceptors (Lipinski definition) is 6. The van der Waals surface area contributed by atoms with Crippen molar-refractivity contribution in [3.8, 4) is 5.69 Å². The van der Waals surface area contributed by atoms with Crippen LogP contribution in [-0.4, -0.2) is 52.9 Å². The minimum absolute atomic E-state index is 0.0622. The van der Waals surface area contributed by atoms with Crippen molar-refractivity contribution in [2.75, 3.05) is 36.5 Å². The Bertz CT molecular complexity index is 1250. The molecule has 3 heterocycles. The molecule has 1 saturated heterocycles. The number of halogens is 6. The van der Waals surface area contributed by atoms with Crippen molar-refractivity contribution in [1.29, 1.82) is 0 Å². The van der Waals surface area contributed by atoms with E-state index in [2.05, 4.69) is 15.4 Å². The predicted molar refractivity (Wildman–Crippen MR) is 124 cm³/mol. The Morgan fingerprint density at radius 1 is 1.17 bits per heavy atom. The van der Waals surface area contributed by atoms with Gasteiger partial charge in [0.15, 0.2) is 5.67 Å². The van der Waals surface area contributed by atoms with E-state index in [0.29, 0.717) is 19.4 Å². The van der Waals surface area contributed by atoms with Gasteiger partial charge in [-0.15, -0.1) is 0 Å². The minimum atomic E-state index is -4.56. The van der Waals surface area contributed by atoms with Gasteiger partial charge in [0.05, 0.1) is 36.9 Å². The van der Waals surface area contributed by atoms with E-state index in [1.807, 2.05) is 0 Å². The summed E-state index contributed by atoms with van der Waals surface area (Å²) in [6.07, 6.45) is -1.58. The van der Waals surface area contributed by atoms with E-state index < -0.39 is 29.8 Å². The molecule has 1 aromatic carbocycles. The fourth-order valence-corrected chi connectivity index (χ4v) is 3.93. The molecule has 13 heteroatoms. The molecule has 36 heavy (non-hydrogen) atoms. The topological polar surface area (TPSA) is 72.3 Å². The van der Waals surface area contributed by atoms with Gasteiger partial charge in [-0.05, 0) is 49.2 Å². The van der Waals surface area contributed by atoms with E-state index in [4.69, 9.17) is 16.3 Å². The number of aromatic nitrogens is 3. The molecular formula is C23H21ClF5N5O2. The quantitative estimate of drug-likeness (QED) is 0.432. The van der Waals surface area contributed by atoms with Gasteiger partial charge in [0, 0.05) is 12.3 Å². The third kappa shape index (κ3) is 6.11. The van der Waals surface area contributed by atoms with E-state index in [1.54, 1.807) is 0 Å². The lowest BCUT2D eigenvalue weighted by Gasteiger charge is -2.29. The predicted octanol–water partition coefficient (Wildman–Crippen LogP) is 5.05. The van der Waals surface area contributed by atoms with Crippen molar-refractivity contribution in [2.24, 2.45) is 0 Å². The first-order valence-corrected chi connectivity index (χ1v) is 11.3. The SMILES string of the molecule is O=c1c(Cl)c(NC[C@@]2(F)CCCOC2)cnn1-c1ccc(N(CC(F)(F)F)c2ccc(F)cn2)cc1. The number of hydrogen-bond donors (Lipinski definition) is 1. The zero-order valence-corrected chi connectivity index (χ0v) is 19.5. The molecule has 0 unspecified atom stereocenters. The summed E-state index contributed by atoms with van der Waals surface area (Å²) < 4.78 is 73.7. The Kier molecular flexibility index (Phi) is 7.46. The van der Waals surface area contributed by atoms with E-state index in [1.165, 1.54) is 30.5 Å². The van der Waals surface area contributed by atoms with Gasteiger partial charge in [0.2, 0.25) is 0 Å². The van der Waals surface area contributed by atoms with Gasteiger partial charge >= 0.3 is 6.18 Å². The molecule has 0 radical (unpaired) electrons. The second-order valence-corrected chi connectivity index (χ2v) is 8.68. The minimum Gasteiger partial charge on any atom is -0.379 e. The summed E-state index contributed by atoms with van der Waals surface area (Å²) in [6, 6.07) is 7.60. The van der Waals surface area contributed by atoms with Crippen molar-refractivity contribution in [3.05, 3.63) is 70.0 Å². The Labute approximate surface area is 207 Å². The second kappa shape index (κ2) is 10.4. The van der Waals surface area contributed by atoms with Crippen LogP contribution in [0.5, 0.6) is 0 Å². The molecule has 1 atom stereocenters. The van der Waals surface area contributed by atoms with Crippen LogP contribution in [0.4, 0.5) is 39.1 Å². The Morgan fingerprint density at radius 2 is 1.92 bits per heavy atom. The summed E-state index contributed by atoms with van der Waals surface area (Å²) in [5, 5.41) is 6.64. The highest BCUT2D eigenvalue weighted by atomic mass is 35.5. The van der Waals surface area contributed by atoms with Gasteiger partial charge in [0.25, 0.3) is 5.56 Å². The average Bonchev–Trinajstić information content (AvgIpc) is 2.84. The van der Waals surface area contributed by atoms with Crippen LogP contribution in [0.3, 0.4) is 0 Å². The highest BCUT2D eigenvalue weighted by Crippen LogP contribution is 2.30. The molecule has 2 aromatic heterocycles. The number of pyridine rings is 1. The maximum atomic E-state index is 14.8. The van der Waals surface area contributed by atoms with Gasteiger partial charge in [-0.3, -0.25) is 4.79 Å². The maximum Gasteiger partial charge on any atom is 0.406 e. The first-order chi connectivity index (χ1) is 17.0. The number of benzene rings is 1. The van der Waals surface area contributed by atoms with E-state index >= 15 is 0 Å². The fraction of sp³-hybridized carbons (Fsp3) is 0.348. The van der Waals surface area contributed by atoms with E-state index in [-0.39, 0.29) is 41.1 Å². The normalized spacial score (nSPS) is 18.2. The van der Waals surface area contributed by atoms with Crippen molar-refractivity contribution >= 4 is 28.8 Å². The van der Waals surface area contributed by atoms with Crippen LogP contribution in [0, 0.1) is 5.82 Å². The number of anilines is 3. The summed E-state index contributed by atoms with van der Waals surface area (Å²) in [6.45, 7) is -1.04. The molecule has 0 aliphatic carbocycles. The molecule has 7 nitrogen and oxygen atoms in total. The van der Waals surface area contributed by atoms with Crippen molar-refractivity contribution in [3.63, 3.8) is 0 Å². The van der Waals surface area contributed by atoms with Crippen LogP contribution in [0.25, 0.3) is 5.69 Å². The van der Waals surface area contributed by atoms with E-state index in [0.717, 1.165) is 27.9 Å². The molecule has 1 fully saturated rings. The molecule has 3 aromatic rings. The summed E-state index contributed by atoms with van der Waals surface area (Å²) >= 11 is 6.20. The Hall–Kier alpha value is -3.25. The smallest absolute Gasteiger partial charge is 0.379 e. The Balaban J connectivity index is 1.56. The van der Waals surface area contributed by atoms with Crippen molar-refractivity contribution in [2.45, 2.75) is 24.7 Å². The second-order valence-electron chi connectivity index (χ2n) is 8.30. The molecule has 1 aliphatic heterocycles. The zero-order valence-electron chi connectivity index (χ0n) is 18.7. The number of nitrogens with zero attached hydrogens (tertiary/aromatic N) is 4. The highest BCUT2D eigenvalue weighted by Gasteiger charge is 2.33. The van der Waals surface area contributed by atoms with Gasteiger partial charge in [0.1, 0.15) is 23.2 Å². The van der Waals surface area contributed by atoms with Crippen LogP contribution < -0.4 is 15.8 Å². The van der Waals surface area contributed by atoms with E-state index in [9.17, 15) is 26.7 Å². The Morgan fingerprint density at radius 3 is 2.53 bits per heavy atom. The largest absolute Gasteiger partial charge is 0.406 e. The molecule has 0 spiro atoms. The number of nitrogens with one attached hydrogen (secondary N) is 1.